The van der Waals surface area contributed by atoms with Crippen LogP contribution in [-0.4, -0.2) is 22.2 Å². The largest absolute Gasteiger partial charge is 0.490 e. The minimum absolute atomic E-state index is 0.0232. The molecule has 1 aliphatic carbocycles. The van der Waals surface area contributed by atoms with Crippen LogP contribution in [0.3, 0.4) is 0 Å². The normalized spacial score (nSPS) is 20.2. The quantitative estimate of drug-likeness (QED) is 0.412. The lowest BCUT2D eigenvalue weighted by Gasteiger charge is -2.30. The molecule has 1 aromatic carbocycles. The van der Waals surface area contributed by atoms with E-state index in [0.717, 1.165) is 6.20 Å². The van der Waals surface area contributed by atoms with Crippen molar-refractivity contribution in [3.63, 3.8) is 0 Å². The monoisotopic (exact) mass is 462 g/mol. The molecule has 0 atom stereocenters. The van der Waals surface area contributed by atoms with Gasteiger partial charge in [-0.05, 0) is 55.5 Å². The summed E-state index contributed by atoms with van der Waals surface area (Å²) in [6.07, 6.45) is -6.34. The van der Waals surface area contributed by atoms with Crippen molar-refractivity contribution in [3.8, 4) is 16.9 Å². The van der Waals surface area contributed by atoms with Gasteiger partial charge in [0.05, 0.1) is 12.0 Å². The second-order valence-electron chi connectivity index (χ2n) is 7.59. The van der Waals surface area contributed by atoms with Gasteiger partial charge in [0.1, 0.15) is 5.75 Å². The van der Waals surface area contributed by atoms with E-state index in [1.165, 1.54) is 30.5 Å². The van der Waals surface area contributed by atoms with E-state index in [1.54, 1.807) is 0 Å². The number of rotatable bonds is 3. The second-order valence-corrected chi connectivity index (χ2v) is 8.03. The van der Waals surface area contributed by atoms with E-state index in [1.807, 2.05) is 0 Å². The molecule has 1 saturated carbocycles. The number of pyridine rings is 1. The number of aromatic amines is 1. The Morgan fingerprint density at radius 1 is 1.00 bits per heavy atom. The summed E-state index contributed by atoms with van der Waals surface area (Å²) in [6, 6.07) is 5.98. The zero-order valence-electron chi connectivity index (χ0n) is 15.9. The highest BCUT2D eigenvalue weighted by atomic mass is 35.5. The fourth-order valence-electron chi connectivity index (χ4n) is 4.01. The molecule has 4 rings (SSSR count). The molecule has 0 spiro atoms. The van der Waals surface area contributed by atoms with Gasteiger partial charge < -0.3 is 9.72 Å². The first-order chi connectivity index (χ1) is 14.5. The van der Waals surface area contributed by atoms with Crippen molar-refractivity contribution in [1.82, 2.24) is 9.97 Å². The first-order valence-corrected chi connectivity index (χ1v) is 9.98. The molecule has 0 amide bonds. The summed E-state index contributed by atoms with van der Waals surface area (Å²) in [7, 11) is 0. The topological polar surface area (TPSA) is 37.9 Å². The SMILES string of the molecule is FC(F)(F)c1nccc2[nH]cc(-c3cc(Cl)cc(OC4CCC(C(F)(F)F)CC4)c3)c12. The number of nitrogens with zero attached hydrogens (tertiary/aromatic N) is 1. The highest BCUT2D eigenvalue weighted by Gasteiger charge is 2.42. The average Bonchev–Trinajstić information content (AvgIpc) is 3.10. The zero-order valence-corrected chi connectivity index (χ0v) is 16.7. The maximum atomic E-state index is 13.5. The summed E-state index contributed by atoms with van der Waals surface area (Å²) in [5.74, 6) is -1.04. The van der Waals surface area contributed by atoms with Crippen LogP contribution in [0.2, 0.25) is 5.02 Å². The summed E-state index contributed by atoms with van der Waals surface area (Å²) in [5.41, 5.74) is -0.112. The molecular weight excluding hydrogens is 446 g/mol. The van der Waals surface area contributed by atoms with Crippen molar-refractivity contribution in [2.45, 2.75) is 44.1 Å². The van der Waals surface area contributed by atoms with E-state index in [2.05, 4.69) is 9.97 Å². The van der Waals surface area contributed by atoms with E-state index in [-0.39, 0.29) is 47.2 Å². The summed E-state index contributed by atoms with van der Waals surface area (Å²) < 4.78 is 84.8. The van der Waals surface area contributed by atoms with E-state index >= 15 is 0 Å². The third kappa shape index (κ3) is 4.61. The molecule has 2 aromatic heterocycles. The Labute approximate surface area is 178 Å². The summed E-state index contributed by atoms with van der Waals surface area (Å²) in [4.78, 5) is 6.31. The van der Waals surface area contributed by atoms with E-state index in [9.17, 15) is 26.3 Å². The molecule has 1 aliphatic rings. The van der Waals surface area contributed by atoms with Crippen molar-refractivity contribution >= 4 is 22.5 Å². The van der Waals surface area contributed by atoms with Crippen LogP contribution in [0, 0.1) is 5.92 Å². The Bertz CT molecular complexity index is 1080. The molecule has 0 unspecified atom stereocenters. The minimum atomic E-state index is -4.65. The molecule has 3 aromatic rings. The number of aromatic nitrogens is 2. The van der Waals surface area contributed by atoms with Gasteiger partial charge in [0.15, 0.2) is 5.69 Å². The molecule has 31 heavy (non-hydrogen) atoms. The fraction of sp³-hybridized carbons (Fsp3) is 0.381. The number of fused-ring (bicyclic) bond motifs is 1. The van der Waals surface area contributed by atoms with Gasteiger partial charge in [-0.1, -0.05) is 11.6 Å². The van der Waals surface area contributed by atoms with Gasteiger partial charge in [-0.3, -0.25) is 4.98 Å². The smallest absolute Gasteiger partial charge is 0.434 e. The van der Waals surface area contributed by atoms with Crippen LogP contribution < -0.4 is 4.74 Å². The van der Waals surface area contributed by atoms with Gasteiger partial charge >= 0.3 is 12.4 Å². The number of ether oxygens (including phenoxy) is 1. The third-order valence-corrected chi connectivity index (χ3v) is 5.70. The van der Waals surface area contributed by atoms with Crippen LogP contribution >= 0.6 is 11.6 Å². The summed E-state index contributed by atoms with van der Waals surface area (Å²) in [6.45, 7) is 0. The van der Waals surface area contributed by atoms with Crippen molar-refractivity contribution < 1.29 is 31.1 Å². The first kappa shape index (κ1) is 21.8. The van der Waals surface area contributed by atoms with Crippen LogP contribution in [0.15, 0.2) is 36.7 Å². The van der Waals surface area contributed by atoms with Crippen molar-refractivity contribution in [2.24, 2.45) is 5.92 Å². The van der Waals surface area contributed by atoms with Crippen LogP contribution in [0.4, 0.5) is 26.3 Å². The maximum Gasteiger partial charge on any atom is 0.434 e. The van der Waals surface area contributed by atoms with Gasteiger partial charge in [-0.2, -0.15) is 26.3 Å². The Balaban J connectivity index is 1.63. The molecule has 166 valence electrons. The van der Waals surface area contributed by atoms with E-state index < -0.39 is 30.1 Å². The van der Waals surface area contributed by atoms with Gasteiger partial charge in [0, 0.05) is 33.9 Å². The molecule has 1 fully saturated rings. The number of nitrogens with one attached hydrogen (secondary N) is 1. The first-order valence-electron chi connectivity index (χ1n) is 9.60. The lowest BCUT2D eigenvalue weighted by atomic mass is 9.87. The molecular formula is C21H17ClF6N2O. The molecule has 10 heteroatoms. The average molecular weight is 463 g/mol. The predicted octanol–water partition coefficient (Wildman–Crippen LogP) is 7.40. The predicted molar refractivity (Wildman–Crippen MR) is 104 cm³/mol. The third-order valence-electron chi connectivity index (χ3n) is 5.48. The van der Waals surface area contributed by atoms with Crippen LogP contribution in [0.5, 0.6) is 5.75 Å². The number of hydrogen-bond donors (Lipinski definition) is 1. The highest BCUT2D eigenvalue weighted by molar-refractivity contribution is 6.31. The van der Waals surface area contributed by atoms with Crippen LogP contribution in [0.1, 0.15) is 31.4 Å². The van der Waals surface area contributed by atoms with Gasteiger partial charge in [0.25, 0.3) is 0 Å². The molecule has 0 radical (unpaired) electrons. The number of halogens is 7. The summed E-state index contributed by atoms with van der Waals surface area (Å²) in [5, 5.41) is 0.150. The molecule has 0 bridgehead atoms. The van der Waals surface area contributed by atoms with Crippen LogP contribution in [-0.2, 0) is 6.18 Å². The lowest BCUT2D eigenvalue weighted by Crippen LogP contribution is -2.31. The maximum absolute atomic E-state index is 13.5. The number of hydrogen-bond acceptors (Lipinski definition) is 2. The van der Waals surface area contributed by atoms with E-state index in [0.29, 0.717) is 11.3 Å². The lowest BCUT2D eigenvalue weighted by molar-refractivity contribution is -0.185. The van der Waals surface area contributed by atoms with Crippen molar-refractivity contribution in [2.75, 3.05) is 0 Å². The van der Waals surface area contributed by atoms with Gasteiger partial charge in [-0.15, -0.1) is 0 Å². The number of H-pyrrole nitrogens is 1. The molecule has 1 N–H and O–H groups in total. The zero-order chi connectivity index (χ0) is 22.4. The standard InChI is InChI=1S/C21H17ClF6N2O/c22-13-7-11(16-10-30-17-5-6-29-19(18(16)17)21(26,27)28)8-15(9-13)31-14-3-1-12(2-4-14)20(23,24)25/h5-10,12,14,30H,1-4H2. The Morgan fingerprint density at radius 3 is 2.35 bits per heavy atom. The number of benzene rings is 1. The Hall–Kier alpha value is -2.42. The van der Waals surface area contributed by atoms with Crippen LogP contribution in [0.25, 0.3) is 22.0 Å². The minimum Gasteiger partial charge on any atom is -0.490 e. The Kier molecular flexibility index (Phi) is 5.57. The van der Waals surface area contributed by atoms with Gasteiger partial charge in [-0.25, -0.2) is 0 Å². The molecule has 3 nitrogen and oxygen atoms in total. The highest BCUT2D eigenvalue weighted by Crippen LogP contribution is 2.41. The fourth-order valence-corrected chi connectivity index (χ4v) is 4.23. The molecule has 0 saturated heterocycles. The second kappa shape index (κ2) is 7.93. The molecule has 0 aliphatic heterocycles. The van der Waals surface area contributed by atoms with E-state index in [4.69, 9.17) is 16.3 Å². The summed E-state index contributed by atoms with van der Waals surface area (Å²) >= 11 is 6.17. The molecule has 2 heterocycles. The number of alkyl halides is 6. The van der Waals surface area contributed by atoms with Crippen molar-refractivity contribution in [1.29, 1.82) is 0 Å². The van der Waals surface area contributed by atoms with Gasteiger partial charge in [0.2, 0.25) is 0 Å². The van der Waals surface area contributed by atoms with Crippen molar-refractivity contribution in [3.05, 3.63) is 47.4 Å². The Morgan fingerprint density at radius 2 is 1.71 bits per heavy atom.